The molecule has 0 radical (unpaired) electrons. The van der Waals surface area contributed by atoms with Gasteiger partial charge in [0.2, 0.25) is 0 Å². The van der Waals surface area contributed by atoms with E-state index in [1.807, 2.05) is 0 Å². The zero-order valence-electron chi connectivity index (χ0n) is 7.74. The zero-order chi connectivity index (χ0) is 8.81. The Balaban J connectivity index is 2.27. The first-order valence-corrected chi connectivity index (χ1v) is 4.58. The summed E-state index contributed by atoms with van der Waals surface area (Å²) in [5.41, 5.74) is 5.45. The molecule has 12 heavy (non-hydrogen) atoms. The molecule has 1 unspecified atom stereocenters. The van der Waals surface area contributed by atoms with E-state index in [9.17, 15) is 0 Å². The second-order valence-corrected chi connectivity index (χ2v) is 3.24. The molecule has 0 spiro atoms. The molecule has 0 saturated heterocycles. The van der Waals surface area contributed by atoms with Gasteiger partial charge in [0, 0.05) is 6.04 Å². The summed E-state index contributed by atoms with van der Waals surface area (Å²) in [5.74, 6) is 0. The van der Waals surface area contributed by atoms with E-state index in [0.29, 0.717) is 6.04 Å². The molecule has 0 aromatic carbocycles. The van der Waals surface area contributed by atoms with E-state index in [4.69, 9.17) is 5.73 Å². The van der Waals surface area contributed by atoms with E-state index in [0.717, 1.165) is 25.9 Å². The molecule has 0 fully saturated rings. The van der Waals surface area contributed by atoms with Crippen LogP contribution in [0.3, 0.4) is 0 Å². The number of rotatable bonds is 4. The third-order valence-electron chi connectivity index (χ3n) is 2.24. The zero-order valence-corrected chi connectivity index (χ0v) is 7.74. The third kappa shape index (κ3) is 2.80. The van der Waals surface area contributed by atoms with Crippen molar-refractivity contribution in [3.63, 3.8) is 0 Å². The van der Waals surface area contributed by atoms with Gasteiger partial charge in [-0.15, -0.1) is 0 Å². The van der Waals surface area contributed by atoms with Crippen LogP contribution in [0.15, 0.2) is 24.3 Å². The molecule has 0 aromatic heterocycles. The standard InChI is InChI=1S/C10H18N2/c1-12(9-5-8-11)10-6-3-2-4-7-10/h2-4,6,10H,5,7-9,11H2,1H3. The number of nitrogens with two attached hydrogens (primary N) is 1. The van der Waals surface area contributed by atoms with Crippen LogP contribution in [0.2, 0.25) is 0 Å². The van der Waals surface area contributed by atoms with Gasteiger partial charge in [-0.3, -0.25) is 4.90 Å². The van der Waals surface area contributed by atoms with Crippen LogP contribution in [0.4, 0.5) is 0 Å². The van der Waals surface area contributed by atoms with E-state index in [1.165, 1.54) is 0 Å². The number of likely N-dealkylation sites (N-methyl/N-ethyl adjacent to an activating group) is 1. The summed E-state index contributed by atoms with van der Waals surface area (Å²) in [4.78, 5) is 2.35. The Hall–Kier alpha value is -0.600. The minimum absolute atomic E-state index is 0.585. The highest BCUT2D eigenvalue weighted by molar-refractivity contribution is 5.13. The van der Waals surface area contributed by atoms with Crippen molar-refractivity contribution < 1.29 is 0 Å². The van der Waals surface area contributed by atoms with E-state index >= 15 is 0 Å². The second-order valence-electron chi connectivity index (χ2n) is 3.24. The quantitative estimate of drug-likeness (QED) is 0.679. The van der Waals surface area contributed by atoms with Crippen molar-refractivity contribution >= 4 is 0 Å². The maximum Gasteiger partial charge on any atom is 0.0312 e. The van der Waals surface area contributed by atoms with Crippen molar-refractivity contribution in [3.8, 4) is 0 Å². The number of hydrogen-bond acceptors (Lipinski definition) is 2. The summed E-state index contributed by atoms with van der Waals surface area (Å²) in [6.07, 6.45) is 10.9. The molecule has 1 aliphatic rings. The van der Waals surface area contributed by atoms with Gasteiger partial charge in [-0.05, 0) is 33.0 Å². The largest absolute Gasteiger partial charge is 0.330 e. The second kappa shape index (κ2) is 5.12. The van der Waals surface area contributed by atoms with Crippen LogP contribution in [-0.4, -0.2) is 31.1 Å². The highest BCUT2D eigenvalue weighted by atomic mass is 15.1. The molecule has 1 aliphatic carbocycles. The number of hydrogen-bond donors (Lipinski definition) is 1. The minimum Gasteiger partial charge on any atom is -0.330 e. The Kier molecular flexibility index (Phi) is 4.05. The lowest BCUT2D eigenvalue weighted by Crippen LogP contribution is -2.32. The average molecular weight is 166 g/mol. The molecule has 1 rings (SSSR count). The average Bonchev–Trinajstić information content (AvgIpc) is 2.15. The van der Waals surface area contributed by atoms with Gasteiger partial charge in [0.05, 0.1) is 0 Å². The van der Waals surface area contributed by atoms with Gasteiger partial charge in [0.15, 0.2) is 0 Å². The monoisotopic (exact) mass is 166 g/mol. The first-order valence-electron chi connectivity index (χ1n) is 4.58. The summed E-state index contributed by atoms with van der Waals surface area (Å²) in [6, 6.07) is 0.585. The van der Waals surface area contributed by atoms with Gasteiger partial charge in [0.25, 0.3) is 0 Å². The van der Waals surface area contributed by atoms with Crippen molar-refractivity contribution in [2.75, 3.05) is 20.1 Å². The predicted molar refractivity (Wildman–Crippen MR) is 53.0 cm³/mol. The van der Waals surface area contributed by atoms with Crippen molar-refractivity contribution in [3.05, 3.63) is 24.3 Å². The van der Waals surface area contributed by atoms with E-state index in [1.54, 1.807) is 0 Å². The molecule has 68 valence electrons. The summed E-state index contributed by atoms with van der Waals surface area (Å²) < 4.78 is 0. The van der Waals surface area contributed by atoms with Gasteiger partial charge in [-0.25, -0.2) is 0 Å². The van der Waals surface area contributed by atoms with Crippen molar-refractivity contribution in [2.24, 2.45) is 5.73 Å². The first-order chi connectivity index (χ1) is 5.84. The van der Waals surface area contributed by atoms with Gasteiger partial charge in [-0.1, -0.05) is 24.3 Å². The molecule has 0 aromatic rings. The van der Waals surface area contributed by atoms with Crippen LogP contribution in [-0.2, 0) is 0 Å². The molecule has 2 N–H and O–H groups in total. The normalized spacial score (nSPS) is 22.1. The lowest BCUT2D eigenvalue weighted by atomic mass is 10.1. The Morgan fingerprint density at radius 3 is 2.92 bits per heavy atom. The first kappa shape index (κ1) is 9.49. The fraction of sp³-hybridized carbons (Fsp3) is 0.600. The Bertz CT molecular complexity index is 173. The topological polar surface area (TPSA) is 29.3 Å². The van der Waals surface area contributed by atoms with Crippen LogP contribution in [0.5, 0.6) is 0 Å². The Morgan fingerprint density at radius 2 is 2.33 bits per heavy atom. The fourth-order valence-electron chi connectivity index (χ4n) is 1.40. The van der Waals surface area contributed by atoms with E-state index < -0.39 is 0 Å². The maximum atomic E-state index is 5.45. The Morgan fingerprint density at radius 1 is 1.50 bits per heavy atom. The SMILES string of the molecule is CN(CCCN)C1C=CC=CC1. The molecular weight excluding hydrogens is 148 g/mol. The summed E-state index contributed by atoms with van der Waals surface area (Å²) in [6.45, 7) is 1.88. The number of nitrogens with zero attached hydrogens (tertiary/aromatic N) is 1. The molecule has 2 heteroatoms. The van der Waals surface area contributed by atoms with Crippen molar-refractivity contribution in [1.29, 1.82) is 0 Å². The highest BCUT2D eigenvalue weighted by Crippen LogP contribution is 2.09. The van der Waals surface area contributed by atoms with Crippen LogP contribution >= 0.6 is 0 Å². The van der Waals surface area contributed by atoms with Crippen LogP contribution in [0, 0.1) is 0 Å². The molecule has 1 atom stereocenters. The summed E-state index contributed by atoms with van der Waals surface area (Å²) >= 11 is 0. The van der Waals surface area contributed by atoms with Gasteiger partial charge in [0.1, 0.15) is 0 Å². The molecule has 0 aliphatic heterocycles. The molecule has 0 heterocycles. The Labute approximate surface area is 74.7 Å². The summed E-state index contributed by atoms with van der Waals surface area (Å²) in [5, 5.41) is 0. The lowest BCUT2D eigenvalue weighted by Gasteiger charge is -2.25. The molecule has 2 nitrogen and oxygen atoms in total. The van der Waals surface area contributed by atoms with E-state index in [-0.39, 0.29) is 0 Å². The lowest BCUT2D eigenvalue weighted by molar-refractivity contribution is 0.280. The molecular formula is C10H18N2. The number of allylic oxidation sites excluding steroid dienone is 2. The van der Waals surface area contributed by atoms with Crippen LogP contribution in [0.1, 0.15) is 12.8 Å². The van der Waals surface area contributed by atoms with Gasteiger partial charge < -0.3 is 5.73 Å². The maximum absolute atomic E-state index is 5.45. The van der Waals surface area contributed by atoms with Gasteiger partial charge in [-0.2, -0.15) is 0 Å². The van der Waals surface area contributed by atoms with Crippen molar-refractivity contribution in [1.82, 2.24) is 4.90 Å². The predicted octanol–water partition coefficient (Wildman–Crippen LogP) is 1.15. The van der Waals surface area contributed by atoms with E-state index in [2.05, 4.69) is 36.3 Å². The smallest absolute Gasteiger partial charge is 0.0312 e. The third-order valence-corrected chi connectivity index (χ3v) is 2.24. The highest BCUT2D eigenvalue weighted by Gasteiger charge is 2.09. The van der Waals surface area contributed by atoms with Gasteiger partial charge >= 0.3 is 0 Å². The van der Waals surface area contributed by atoms with Crippen LogP contribution < -0.4 is 5.73 Å². The molecule has 0 bridgehead atoms. The molecule has 0 amide bonds. The minimum atomic E-state index is 0.585. The van der Waals surface area contributed by atoms with Crippen LogP contribution in [0.25, 0.3) is 0 Å². The summed E-state index contributed by atoms with van der Waals surface area (Å²) in [7, 11) is 2.16. The fourth-order valence-corrected chi connectivity index (χ4v) is 1.40. The van der Waals surface area contributed by atoms with Crippen molar-refractivity contribution in [2.45, 2.75) is 18.9 Å². The molecule has 0 saturated carbocycles.